The maximum Gasteiger partial charge on any atom is 0.123 e. The van der Waals surface area contributed by atoms with E-state index in [0.29, 0.717) is 6.04 Å². The van der Waals surface area contributed by atoms with Gasteiger partial charge in [-0.15, -0.1) is 0 Å². The average Bonchev–Trinajstić information content (AvgIpc) is 2.41. The minimum Gasteiger partial charge on any atom is -0.317 e. The highest BCUT2D eigenvalue weighted by molar-refractivity contribution is 5.17. The molecule has 0 spiro atoms. The van der Waals surface area contributed by atoms with Gasteiger partial charge in [-0.3, -0.25) is 0 Å². The third-order valence-corrected chi connectivity index (χ3v) is 3.69. The van der Waals surface area contributed by atoms with E-state index in [4.69, 9.17) is 0 Å². The van der Waals surface area contributed by atoms with Crippen LogP contribution in [0.15, 0.2) is 24.3 Å². The van der Waals surface area contributed by atoms with E-state index in [1.54, 1.807) is 12.1 Å². The standard InChI is InChI=1S/C17H28FN/c1-3-4-5-6-7-8-12-17(19-2)14-15-10-9-11-16(18)13-15/h9-11,13,17,19H,3-8,12,14H2,1-2H3. The summed E-state index contributed by atoms with van der Waals surface area (Å²) in [5, 5.41) is 3.35. The Morgan fingerprint density at radius 3 is 2.53 bits per heavy atom. The zero-order valence-corrected chi connectivity index (χ0v) is 12.4. The van der Waals surface area contributed by atoms with Crippen molar-refractivity contribution in [3.8, 4) is 0 Å². The minimum absolute atomic E-state index is 0.132. The van der Waals surface area contributed by atoms with Crippen molar-refractivity contribution in [2.75, 3.05) is 7.05 Å². The van der Waals surface area contributed by atoms with E-state index in [1.165, 1.54) is 51.0 Å². The van der Waals surface area contributed by atoms with Crippen LogP contribution >= 0.6 is 0 Å². The number of likely N-dealkylation sites (N-methyl/N-ethyl adjacent to an activating group) is 1. The van der Waals surface area contributed by atoms with Crippen LogP contribution in [0.5, 0.6) is 0 Å². The first-order chi connectivity index (χ1) is 9.26. The molecule has 0 radical (unpaired) electrons. The fraction of sp³-hybridized carbons (Fsp3) is 0.647. The predicted molar refractivity (Wildman–Crippen MR) is 80.9 cm³/mol. The fourth-order valence-electron chi connectivity index (χ4n) is 2.47. The van der Waals surface area contributed by atoms with Crippen LogP contribution in [0.2, 0.25) is 0 Å². The number of nitrogens with one attached hydrogen (secondary N) is 1. The summed E-state index contributed by atoms with van der Waals surface area (Å²) in [5.74, 6) is -0.132. The van der Waals surface area contributed by atoms with Gasteiger partial charge in [-0.1, -0.05) is 57.6 Å². The molecule has 1 N–H and O–H groups in total. The van der Waals surface area contributed by atoms with E-state index >= 15 is 0 Å². The van der Waals surface area contributed by atoms with Crippen molar-refractivity contribution in [3.05, 3.63) is 35.6 Å². The van der Waals surface area contributed by atoms with Gasteiger partial charge in [0.25, 0.3) is 0 Å². The number of hydrogen-bond donors (Lipinski definition) is 1. The topological polar surface area (TPSA) is 12.0 Å². The van der Waals surface area contributed by atoms with Gasteiger partial charge in [0.15, 0.2) is 0 Å². The summed E-state index contributed by atoms with van der Waals surface area (Å²) in [6.45, 7) is 2.25. The summed E-state index contributed by atoms with van der Waals surface area (Å²) < 4.78 is 13.1. The number of halogens is 1. The summed E-state index contributed by atoms with van der Waals surface area (Å²) in [6.07, 6.45) is 10.1. The van der Waals surface area contributed by atoms with Crippen molar-refractivity contribution in [3.63, 3.8) is 0 Å². The Hall–Kier alpha value is -0.890. The molecule has 1 atom stereocenters. The van der Waals surface area contributed by atoms with Crippen LogP contribution in [-0.2, 0) is 6.42 Å². The van der Waals surface area contributed by atoms with Crippen LogP contribution in [0, 0.1) is 5.82 Å². The largest absolute Gasteiger partial charge is 0.317 e. The summed E-state index contributed by atoms with van der Waals surface area (Å²) >= 11 is 0. The van der Waals surface area contributed by atoms with Crippen molar-refractivity contribution >= 4 is 0 Å². The van der Waals surface area contributed by atoms with Crippen LogP contribution in [0.1, 0.15) is 57.4 Å². The van der Waals surface area contributed by atoms with Crippen LogP contribution in [0.4, 0.5) is 4.39 Å². The van der Waals surface area contributed by atoms with E-state index in [1.807, 2.05) is 13.1 Å². The van der Waals surface area contributed by atoms with Crippen molar-refractivity contribution in [1.29, 1.82) is 0 Å². The van der Waals surface area contributed by atoms with Gasteiger partial charge in [0.2, 0.25) is 0 Å². The third kappa shape index (κ3) is 7.31. The molecule has 0 bridgehead atoms. The second kappa shape index (κ2) is 9.96. The molecule has 0 saturated heterocycles. The Balaban J connectivity index is 2.22. The smallest absolute Gasteiger partial charge is 0.123 e. The van der Waals surface area contributed by atoms with Gasteiger partial charge in [-0.2, -0.15) is 0 Å². The first-order valence-corrected chi connectivity index (χ1v) is 7.68. The third-order valence-electron chi connectivity index (χ3n) is 3.69. The molecule has 0 aliphatic carbocycles. The van der Waals surface area contributed by atoms with Crippen LogP contribution < -0.4 is 5.32 Å². The van der Waals surface area contributed by atoms with Gasteiger partial charge in [0.05, 0.1) is 0 Å². The number of benzene rings is 1. The first-order valence-electron chi connectivity index (χ1n) is 7.68. The lowest BCUT2D eigenvalue weighted by Gasteiger charge is -2.16. The van der Waals surface area contributed by atoms with E-state index in [0.717, 1.165) is 12.0 Å². The van der Waals surface area contributed by atoms with E-state index in [9.17, 15) is 4.39 Å². The first kappa shape index (κ1) is 16.2. The van der Waals surface area contributed by atoms with Crippen LogP contribution in [0.25, 0.3) is 0 Å². The Morgan fingerprint density at radius 1 is 1.11 bits per heavy atom. The monoisotopic (exact) mass is 265 g/mol. The molecule has 0 heterocycles. The normalized spacial score (nSPS) is 12.6. The van der Waals surface area contributed by atoms with Gasteiger partial charge < -0.3 is 5.32 Å². The fourth-order valence-corrected chi connectivity index (χ4v) is 2.47. The minimum atomic E-state index is -0.132. The van der Waals surface area contributed by atoms with Crippen molar-refractivity contribution in [2.45, 2.75) is 64.3 Å². The zero-order chi connectivity index (χ0) is 13.9. The molecular formula is C17H28FN. The molecule has 0 aliphatic heterocycles. The highest BCUT2D eigenvalue weighted by atomic mass is 19.1. The quantitative estimate of drug-likeness (QED) is 0.604. The SMILES string of the molecule is CCCCCCCCC(Cc1cccc(F)c1)NC. The number of rotatable bonds is 10. The summed E-state index contributed by atoms with van der Waals surface area (Å²) in [4.78, 5) is 0. The van der Waals surface area contributed by atoms with Crippen molar-refractivity contribution in [1.82, 2.24) is 5.32 Å². The van der Waals surface area contributed by atoms with Crippen molar-refractivity contribution < 1.29 is 4.39 Å². The van der Waals surface area contributed by atoms with Gasteiger partial charge in [0.1, 0.15) is 5.82 Å². The number of hydrogen-bond acceptors (Lipinski definition) is 1. The molecule has 19 heavy (non-hydrogen) atoms. The molecule has 0 saturated carbocycles. The average molecular weight is 265 g/mol. The van der Waals surface area contributed by atoms with Gasteiger partial charge in [-0.05, 0) is 37.6 Å². The van der Waals surface area contributed by atoms with Crippen LogP contribution in [0.3, 0.4) is 0 Å². The molecule has 0 amide bonds. The lowest BCUT2D eigenvalue weighted by atomic mass is 10.00. The van der Waals surface area contributed by atoms with Gasteiger partial charge in [-0.25, -0.2) is 4.39 Å². The van der Waals surface area contributed by atoms with Crippen molar-refractivity contribution in [2.24, 2.45) is 0 Å². The van der Waals surface area contributed by atoms with Crippen LogP contribution in [-0.4, -0.2) is 13.1 Å². The highest BCUT2D eigenvalue weighted by Crippen LogP contribution is 2.12. The maximum absolute atomic E-state index is 13.1. The van der Waals surface area contributed by atoms with E-state index in [-0.39, 0.29) is 5.82 Å². The predicted octanol–water partition coefficient (Wildman–Crippen LogP) is 4.71. The number of unbranched alkanes of at least 4 members (excludes halogenated alkanes) is 5. The summed E-state index contributed by atoms with van der Waals surface area (Å²) in [6, 6.07) is 7.42. The molecule has 1 aromatic carbocycles. The Labute approximate surface area is 117 Å². The molecule has 0 fully saturated rings. The van der Waals surface area contributed by atoms with E-state index < -0.39 is 0 Å². The summed E-state index contributed by atoms with van der Waals surface area (Å²) in [7, 11) is 2.00. The molecule has 0 aliphatic rings. The molecule has 1 unspecified atom stereocenters. The second-order valence-electron chi connectivity index (χ2n) is 5.38. The zero-order valence-electron chi connectivity index (χ0n) is 12.4. The Kier molecular flexibility index (Phi) is 8.48. The van der Waals surface area contributed by atoms with Gasteiger partial charge >= 0.3 is 0 Å². The molecule has 1 rings (SSSR count). The maximum atomic E-state index is 13.1. The Bertz CT molecular complexity index is 338. The second-order valence-corrected chi connectivity index (χ2v) is 5.38. The molecule has 0 aromatic heterocycles. The molecular weight excluding hydrogens is 237 g/mol. The molecule has 1 aromatic rings. The summed E-state index contributed by atoms with van der Waals surface area (Å²) in [5.41, 5.74) is 1.09. The van der Waals surface area contributed by atoms with E-state index in [2.05, 4.69) is 12.2 Å². The lowest BCUT2D eigenvalue weighted by molar-refractivity contribution is 0.479. The Morgan fingerprint density at radius 2 is 1.84 bits per heavy atom. The highest BCUT2D eigenvalue weighted by Gasteiger charge is 2.07. The van der Waals surface area contributed by atoms with Gasteiger partial charge in [0, 0.05) is 6.04 Å². The molecule has 2 heteroatoms. The molecule has 1 nitrogen and oxygen atoms in total. The lowest BCUT2D eigenvalue weighted by Crippen LogP contribution is -2.27. The molecule has 108 valence electrons.